The molecule has 0 aromatic heterocycles. The van der Waals surface area contributed by atoms with E-state index in [4.69, 9.17) is 4.74 Å². The largest absolute Gasteiger partial charge is 0.495 e. The lowest BCUT2D eigenvalue weighted by Gasteiger charge is -2.15. The molecule has 1 aliphatic rings. The van der Waals surface area contributed by atoms with Crippen molar-refractivity contribution in [3.8, 4) is 5.75 Å². The van der Waals surface area contributed by atoms with Gasteiger partial charge in [0, 0.05) is 25.7 Å². The molecule has 0 bridgehead atoms. The number of carbonyl (C=O) groups excluding carboxylic acids is 1. The van der Waals surface area contributed by atoms with E-state index in [0.29, 0.717) is 5.69 Å². The Morgan fingerprint density at radius 1 is 1.35 bits per heavy atom. The first-order valence-electron chi connectivity index (χ1n) is 6.27. The van der Waals surface area contributed by atoms with Gasteiger partial charge in [-0.2, -0.15) is 0 Å². The van der Waals surface area contributed by atoms with Gasteiger partial charge in [-0.15, -0.1) is 0 Å². The van der Waals surface area contributed by atoms with E-state index < -0.39 is 10.0 Å². The van der Waals surface area contributed by atoms with Crippen LogP contribution >= 0.6 is 0 Å². The van der Waals surface area contributed by atoms with Gasteiger partial charge in [0.2, 0.25) is 15.9 Å². The summed E-state index contributed by atoms with van der Waals surface area (Å²) in [5.74, 6) is 0.248. The average molecular weight is 298 g/mol. The smallest absolute Gasteiger partial charge is 0.246 e. The van der Waals surface area contributed by atoms with Crippen molar-refractivity contribution in [2.45, 2.75) is 17.7 Å². The molecule has 1 amide bonds. The lowest BCUT2D eigenvalue weighted by Crippen LogP contribution is -2.23. The molecule has 0 atom stereocenters. The molecule has 1 aromatic rings. The maximum atomic E-state index is 12.2. The Hall–Kier alpha value is -1.60. The van der Waals surface area contributed by atoms with Gasteiger partial charge in [0.1, 0.15) is 10.6 Å². The van der Waals surface area contributed by atoms with E-state index in [1.165, 1.54) is 27.3 Å². The number of methoxy groups -OCH3 is 1. The summed E-state index contributed by atoms with van der Waals surface area (Å²) in [4.78, 5) is 11.8. The van der Waals surface area contributed by atoms with Crippen molar-refractivity contribution in [1.29, 1.82) is 0 Å². The Morgan fingerprint density at radius 2 is 2.00 bits per heavy atom. The first kappa shape index (κ1) is 14.8. The first-order valence-corrected chi connectivity index (χ1v) is 7.71. The van der Waals surface area contributed by atoms with Gasteiger partial charge in [-0.25, -0.2) is 12.7 Å². The molecule has 2 rings (SSSR count). The summed E-state index contributed by atoms with van der Waals surface area (Å²) in [6, 6.07) is 4.60. The topological polar surface area (TPSA) is 75.7 Å². The van der Waals surface area contributed by atoms with Crippen molar-refractivity contribution in [3.05, 3.63) is 18.2 Å². The van der Waals surface area contributed by atoms with Crippen LogP contribution in [0.3, 0.4) is 0 Å². The van der Waals surface area contributed by atoms with Crippen LogP contribution in [0, 0.1) is 5.92 Å². The van der Waals surface area contributed by atoms with Crippen molar-refractivity contribution in [2.75, 3.05) is 26.5 Å². The zero-order chi connectivity index (χ0) is 14.9. The van der Waals surface area contributed by atoms with E-state index in [-0.39, 0.29) is 22.5 Å². The highest BCUT2D eigenvalue weighted by molar-refractivity contribution is 7.89. The molecule has 0 heterocycles. The van der Waals surface area contributed by atoms with Crippen LogP contribution in [0.15, 0.2) is 23.1 Å². The predicted octanol–water partition coefficient (Wildman–Crippen LogP) is 1.29. The number of anilines is 1. The second-order valence-electron chi connectivity index (χ2n) is 4.92. The van der Waals surface area contributed by atoms with Crippen LogP contribution in [0.4, 0.5) is 5.69 Å². The third-order valence-electron chi connectivity index (χ3n) is 3.14. The molecular weight excluding hydrogens is 280 g/mol. The maximum absolute atomic E-state index is 12.2. The number of ether oxygens (including phenoxy) is 1. The molecule has 0 saturated heterocycles. The van der Waals surface area contributed by atoms with Gasteiger partial charge in [0.05, 0.1) is 7.11 Å². The number of sulfonamides is 1. The van der Waals surface area contributed by atoms with Crippen molar-refractivity contribution in [1.82, 2.24) is 4.31 Å². The van der Waals surface area contributed by atoms with Gasteiger partial charge in [-0.05, 0) is 31.0 Å². The van der Waals surface area contributed by atoms with E-state index in [2.05, 4.69) is 5.32 Å². The fraction of sp³-hybridized carbons (Fsp3) is 0.462. The maximum Gasteiger partial charge on any atom is 0.246 e. The summed E-state index contributed by atoms with van der Waals surface area (Å²) in [5.41, 5.74) is 0.461. The quantitative estimate of drug-likeness (QED) is 0.889. The van der Waals surface area contributed by atoms with Crippen molar-refractivity contribution >= 4 is 21.6 Å². The van der Waals surface area contributed by atoms with Crippen LogP contribution < -0.4 is 10.1 Å². The fourth-order valence-corrected chi connectivity index (χ4v) is 2.82. The molecule has 1 N–H and O–H groups in total. The monoisotopic (exact) mass is 298 g/mol. The highest BCUT2D eigenvalue weighted by Gasteiger charge is 2.30. The average Bonchev–Trinajstić information content (AvgIpc) is 3.22. The molecular formula is C13H18N2O4S. The Balaban J connectivity index is 2.36. The van der Waals surface area contributed by atoms with Crippen LogP contribution in [-0.4, -0.2) is 39.8 Å². The summed E-state index contributed by atoms with van der Waals surface area (Å²) in [6.45, 7) is 0. The Morgan fingerprint density at radius 3 is 2.50 bits per heavy atom. The summed E-state index contributed by atoms with van der Waals surface area (Å²) in [5, 5.41) is 2.73. The molecule has 1 aromatic carbocycles. The molecule has 1 fully saturated rings. The van der Waals surface area contributed by atoms with E-state index in [9.17, 15) is 13.2 Å². The second-order valence-corrected chi connectivity index (χ2v) is 7.04. The molecule has 0 spiro atoms. The third-order valence-corrected chi connectivity index (χ3v) is 4.97. The van der Waals surface area contributed by atoms with Gasteiger partial charge in [0.25, 0.3) is 0 Å². The minimum Gasteiger partial charge on any atom is -0.495 e. The number of benzene rings is 1. The number of amides is 1. The molecule has 6 nitrogen and oxygen atoms in total. The highest BCUT2D eigenvalue weighted by Crippen LogP contribution is 2.32. The van der Waals surface area contributed by atoms with Crippen LogP contribution in [0.2, 0.25) is 0 Å². The Labute approximate surface area is 118 Å². The number of nitrogens with zero attached hydrogens (tertiary/aromatic N) is 1. The van der Waals surface area contributed by atoms with E-state index >= 15 is 0 Å². The van der Waals surface area contributed by atoms with E-state index in [0.717, 1.165) is 17.1 Å². The number of carbonyl (C=O) groups is 1. The van der Waals surface area contributed by atoms with Crippen LogP contribution in [0.1, 0.15) is 12.8 Å². The van der Waals surface area contributed by atoms with Crippen molar-refractivity contribution < 1.29 is 17.9 Å². The van der Waals surface area contributed by atoms with Crippen LogP contribution in [0.25, 0.3) is 0 Å². The molecule has 7 heteroatoms. The zero-order valence-electron chi connectivity index (χ0n) is 11.7. The van der Waals surface area contributed by atoms with Crippen molar-refractivity contribution in [3.63, 3.8) is 0 Å². The minimum atomic E-state index is -3.63. The van der Waals surface area contributed by atoms with Gasteiger partial charge in [0.15, 0.2) is 0 Å². The molecule has 0 radical (unpaired) electrons. The zero-order valence-corrected chi connectivity index (χ0v) is 12.5. The molecule has 1 saturated carbocycles. The molecule has 1 aliphatic carbocycles. The van der Waals surface area contributed by atoms with Gasteiger partial charge in [-0.3, -0.25) is 4.79 Å². The predicted molar refractivity (Wildman–Crippen MR) is 75.2 cm³/mol. The second kappa shape index (κ2) is 5.41. The van der Waals surface area contributed by atoms with E-state index in [1.54, 1.807) is 12.1 Å². The number of hydrogen-bond acceptors (Lipinski definition) is 4. The van der Waals surface area contributed by atoms with Gasteiger partial charge in [-0.1, -0.05) is 0 Å². The van der Waals surface area contributed by atoms with Gasteiger partial charge < -0.3 is 10.1 Å². The molecule has 110 valence electrons. The fourth-order valence-electron chi connectivity index (χ4n) is 1.74. The van der Waals surface area contributed by atoms with Crippen LogP contribution in [-0.2, 0) is 14.8 Å². The summed E-state index contributed by atoms with van der Waals surface area (Å²) >= 11 is 0. The standard InChI is InChI=1S/C13H18N2O4S/c1-15(2)20(17,18)12-8-10(6-7-11(12)19-3)14-13(16)9-4-5-9/h6-9H,4-5H2,1-3H3,(H,14,16). The van der Waals surface area contributed by atoms with Crippen molar-refractivity contribution in [2.24, 2.45) is 5.92 Å². The van der Waals surface area contributed by atoms with Gasteiger partial charge >= 0.3 is 0 Å². The summed E-state index contributed by atoms with van der Waals surface area (Å²) < 4.78 is 30.6. The molecule has 20 heavy (non-hydrogen) atoms. The summed E-state index contributed by atoms with van der Waals surface area (Å²) in [6.07, 6.45) is 1.79. The molecule has 0 unspecified atom stereocenters. The number of rotatable bonds is 5. The first-order chi connectivity index (χ1) is 9.36. The minimum absolute atomic E-state index is 0.0404. The number of hydrogen-bond donors (Lipinski definition) is 1. The highest BCUT2D eigenvalue weighted by atomic mass is 32.2. The van der Waals surface area contributed by atoms with Crippen LogP contribution in [0.5, 0.6) is 5.75 Å². The van der Waals surface area contributed by atoms with E-state index in [1.807, 2.05) is 0 Å². The molecule has 0 aliphatic heterocycles. The number of nitrogens with one attached hydrogen (secondary N) is 1. The normalized spacial score (nSPS) is 15.2. The summed E-state index contributed by atoms with van der Waals surface area (Å²) in [7, 11) is 0.681. The third kappa shape index (κ3) is 2.94. The lowest BCUT2D eigenvalue weighted by molar-refractivity contribution is -0.117. The Bertz CT molecular complexity index is 621. The SMILES string of the molecule is COc1ccc(NC(=O)C2CC2)cc1S(=O)(=O)N(C)C. The lowest BCUT2D eigenvalue weighted by atomic mass is 10.3. The Kier molecular flexibility index (Phi) is 4.01.